The minimum Gasteiger partial charge on any atom is -0.361 e. The van der Waals surface area contributed by atoms with Crippen molar-refractivity contribution < 1.29 is 4.79 Å². The van der Waals surface area contributed by atoms with Crippen LogP contribution in [0.1, 0.15) is 11.1 Å². The number of amides is 1. The molecular weight excluding hydrogens is 328 g/mol. The fourth-order valence-electron chi connectivity index (χ4n) is 2.68. The van der Waals surface area contributed by atoms with E-state index in [2.05, 4.69) is 26.2 Å². The zero-order chi connectivity index (χ0) is 14.4. The molecule has 0 bridgehead atoms. The highest BCUT2D eigenvalue weighted by Crippen LogP contribution is 2.35. The third kappa shape index (κ3) is 1.99. The second-order valence-electron chi connectivity index (χ2n) is 4.99. The summed E-state index contributed by atoms with van der Waals surface area (Å²) in [5.41, 5.74) is 4.57. The number of anilines is 1. The Balaban J connectivity index is 1.89. The van der Waals surface area contributed by atoms with E-state index in [1.165, 1.54) is 0 Å². The number of fused-ring (bicyclic) bond motifs is 2. The molecule has 3 aromatic rings. The molecule has 0 unspecified atom stereocenters. The van der Waals surface area contributed by atoms with Crippen LogP contribution in [0.5, 0.6) is 0 Å². The molecule has 0 fully saturated rings. The molecule has 0 atom stereocenters. The van der Waals surface area contributed by atoms with Gasteiger partial charge in [-0.2, -0.15) is 0 Å². The minimum absolute atomic E-state index is 0.0617. The molecule has 1 aliphatic rings. The predicted octanol–water partition coefficient (Wildman–Crippen LogP) is 4.42. The number of halogens is 1. The molecule has 0 radical (unpaired) electrons. The molecule has 2 N–H and O–H groups in total. The van der Waals surface area contributed by atoms with Crippen molar-refractivity contribution in [3.05, 3.63) is 64.3 Å². The summed E-state index contributed by atoms with van der Waals surface area (Å²) in [5.74, 6) is -0.0617. The monoisotopic (exact) mass is 338 g/mol. The maximum absolute atomic E-state index is 12.2. The number of para-hydroxylation sites is 1. The molecule has 2 aromatic carbocycles. The second-order valence-corrected chi connectivity index (χ2v) is 5.91. The maximum Gasteiger partial charge on any atom is 0.256 e. The molecule has 102 valence electrons. The first-order valence-electron chi connectivity index (χ1n) is 6.61. The number of aromatic amines is 1. The second kappa shape index (κ2) is 4.60. The van der Waals surface area contributed by atoms with Gasteiger partial charge >= 0.3 is 0 Å². The van der Waals surface area contributed by atoms with Gasteiger partial charge in [0.25, 0.3) is 5.91 Å². The van der Waals surface area contributed by atoms with Crippen LogP contribution in [0.3, 0.4) is 0 Å². The molecule has 1 aliphatic heterocycles. The van der Waals surface area contributed by atoms with Crippen LogP contribution in [0.4, 0.5) is 5.69 Å². The van der Waals surface area contributed by atoms with Gasteiger partial charge in [-0.25, -0.2) is 0 Å². The van der Waals surface area contributed by atoms with Gasteiger partial charge in [0, 0.05) is 38.3 Å². The van der Waals surface area contributed by atoms with Gasteiger partial charge in [0.2, 0.25) is 0 Å². The van der Waals surface area contributed by atoms with Gasteiger partial charge in [-0.3, -0.25) is 4.79 Å². The number of carbonyl (C=O) groups excluding carboxylic acids is 1. The van der Waals surface area contributed by atoms with Crippen LogP contribution in [0.15, 0.2) is 53.1 Å². The van der Waals surface area contributed by atoms with Crippen LogP contribution < -0.4 is 5.32 Å². The zero-order valence-electron chi connectivity index (χ0n) is 11.0. The third-order valence-corrected chi connectivity index (χ3v) is 4.18. The average Bonchev–Trinajstić information content (AvgIpc) is 3.01. The molecule has 4 rings (SSSR count). The number of benzene rings is 2. The zero-order valence-corrected chi connectivity index (χ0v) is 12.6. The summed E-state index contributed by atoms with van der Waals surface area (Å²) in [7, 11) is 0. The molecule has 0 aliphatic carbocycles. The molecule has 1 amide bonds. The quantitative estimate of drug-likeness (QED) is 0.633. The first-order valence-corrected chi connectivity index (χ1v) is 7.41. The number of H-pyrrole nitrogens is 1. The van der Waals surface area contributed by atoms with E-state index in [9.17, 15) is 4.79 Å². The summed E-state index contributed by atoms with van der Waals surface area (Å²) in [6.45, 7) is 0. The number of carbonyl (C=O) groups is 1. The number of nitrogens with one attached hydrogen (secondary N) is 2. The van der Waals surface area contributed by atoms with Crippen LogP contribution in [-0.2, 0) is 4.79 Å². The summed E-state index contributed by atoms with van der Waals surface area (Å²) in [4.78, 5) is 15.4. The van der Waals surface area contributed by atoms with Crippen LogP contribution in [0.25, 0.3) is 22.6 Å². The Morgan fingerprint density at radius 2 is 1.95 bits per heavy atom. The normalized spacial score (nSPS) is 15.5. The Bertz CT molecular complexity index is 908. The first-order chi connectivity index (χ1) is 10.2. The molecule has 3 nitrogen and oxygen atoms in total. The Labute approximate surface area is 129 Å². The highest BCUT2D eigenvalue weighted by atomic mass is 79.9. The minimum atomic E-state index is -0.0617. The summed E-state index contributed by atoms with van der Waals surface area (Å²) < 4.78 is 0.954. The summed E-state index contributed by atoms with van der Waals surface area (Å²) >= 11 is 3.42. The SMILES string of the molecule is O=C1Nc2cc(Br)ccc2/C1=C/c1c[nH]c2ccccc12. The van der Waals surface area contributed by atoms with Gasteiger partial charge in [-0.05, 0) is 24.3 Å². The first kappa shape index (κ1) is 12.4. The molecule has 0 spiro atoms. The van der Waals surface area contributed by atoms with E-state index in [1.54, 1.807) is 0 Å². The fraction of sp³-hybridized carbons (Fsp3) is 0. The number of aromatic nitrogens is 1. The van der Waals surface area contributed by atoms with Crippen molar-refractivity contribution in [1.29, 1.82) is 0 Å². The Morgan fingerprint density at radius 1 is 1.10 bits per heavy atom. The van der Waals surface area contributed by atoms with Crippen molar-refractivity contribution in [1.82, 2.24) is 4.98 Å². The third-order valence-electron chi connectivity index (χ3n) is 3.69. The van der Waals surface area contributed by atoms with Crippen molar-refractivity contribution in [2.24, 2.45) is 0 Å². The summed E-state index contributed by atoms with van der Waals surface area (Å²) in [6.07, 6.45) is 3.87. The van der Waals surface area contributed by atoms with Crippen molar-refractivity contribution >= 4 is 50.1 Å². The lowest BCUT2D eigenvalue weighted by atomic mass is 10.0. The predicted molar refractivity (Wildman–Crippen MR) is 88.9 cm³/mol. The van der Waals surface area contributed by atoms with Gasteiger partial charge in [-0.1, -0.05) is 40.2 Å². The van der Waals surface area contributed by atoms with Crippen molar-refractivity contribution in [2.75, 3.05) is 5.32 Å². The van der Waals surface area contributed by atoms with Crippen LogP contribution >= 0.6 is 15.9 Å². The van der Waals surface area contributed by atoms with E-state index in [0.717, 1.165) is 32.2 Å². The number of rotatable bonds is 1. The number of hydrogen-bond acceptors (Lipinski definition) is 1. The lowest BCUT2D eigenvalue weighted by Gasteiger charge is -1.99. The van der Waals surface area contributed by atoms with Crippen molar-refractivity contribution in [3.8, 4) is 0 Å². The van der Waals surface area contributed by atoms with E-state index >= 15 is 0 Å². The van der Waals surface area contributed by atoms with E-state index in [4.69, 9.17) is 0 Å². The molecular formula is C17H11BrN2O. The maximum atomic E-state index is 12.2. The molecule has 2 heterocycles. The van der Waals surface area contributed by atoms with Crippen molar-refractivity contribution in [2.45, 2.75) is 0 Å². The van der Waals surface area contributed by atoms with Gasteiger partial charge in [-0.15, -0.1) is 0 Å². The van der Waals surface area contributed by atoms with Crippen LogP contribution in [0.2, 0.25) is 0 Å². The lowest BCUT2D eigenvalue weighted by Crippen LogP contribution is -2.03. The molecule has 21 heavy (non-hydrogen) atoms. The van der Waals surface area contributed by atoms with Gasteiger partial charge < -0.3 is 10.3 Å². The largest absolute Gasteiger partial charge is 0.361 e. The Morgan fingerprint density at radius 3 is 2.86 bits per heavy atom. The van der Waals surface area contributed by atoms with Crippen LogP contribution in [0, 0.1) is 0 Å². The average molecular weight is 339 g/mol. The Kier molecular flexibility index (Phi) is 2.72. The fourth-order valence-corrected chi connectivity index (χ4v) is 3.04. The highest BCUT2D eigenvalue weighted by molar-refractivity contribution is 9.10. The van der Waals surface area contributed by atoms with E-state index in [-0.39, 0.29) is 5.91 Å². The van der Waals surface area contributed by atoms with Crippen molar-refractivity contribution in [3.63, 3.8) is 0 Å². The topological polar surface area (TPSA) is 44.9 Å². The smallest absolute Gasteiger partial charge is 0.256 e. The lowest BCUT2D eigenvalue weighted by molar-refractivity contribution is -0.110. The molecule has 4 heteroatoms. The molecule has 0 saturated heterocycles. The summed E-state index contributed by atoms with van der Waals surface area (Å²) in [6, 6.07) is 13.9. The van der Waals surface area contributed by atoms with Gasteiger partial charge in [0.1, 0.15) is 0 Å². The molecule has 0 saturated carbocycles. The van der Waals surface area contributed by atoms with E-state index in [1.807, 2.05) is 54.7 Å². The van der Waals surface area contributed by atoms with Crippen LogP contribution in [-0.4, -0.2) is 10.9 Å². The van der Waals surface area contributed by atoms with E-state index < -0.39 is 0 Å². The highest BCUT2D eigenvalue weighted by Gasteiger charge is 2.24. The Hall–Kier alpha value is -2.33. The summed E-state index contributed by atoms with van der Waals surface area (Å²) in [5, 5.41) is 4.02. The van der Waals surface area contributed by atoms with Gasteiger partial charge in [0.05, 0.1) is 5.69 Å². The van der Waals surface area contributed by atoms with Gasteiger partial charge in [0.15, 0.2) is 0 Å². The van der Waals surface area contributed by atoms with E-state index in [0.29, 0.717) is 5.57 Å². The number of hydrogen-bond donors (Lipinski definition) is 2. The molecule has 1 aromatic heterocycles. The standard InChI is InChI=1S/C17H11BrN2O/c18-11-5-6-13-14(17(21)20-16(13)8-11)7-10-9-19-15-4-2-1-3-12(10)15/h1-9,19H,(H,20,21)/b14-7-.